The SMILES string of the molecule is CCCCCCN1CCC(C(=O)NC(C)C)CC1. The quantitative estimate of drug-likeness (QED) is 0.709. The van der Waals surface area contributed by atoms with Crippen LogP contribution in [0.1, 0.15) is 59.3 Å². The minimum Gasteiger partial charge on any atom is -0.354 e. The van der Waals surface area contributed by atoms with Gasteiger partial charge in [-0.25, -0.2) is 0 Å². The molecular formula is C15H30N2O. The molecule has 0 atom stereocenters. The van der Waals surface area contributed by atoms with E-state index in [2.05, 4.69) is 17.1 Å². The molecule has 0 aromatic carbocycles. The zero-order chi connectivity index (χ0) is 13.4. The molecule has 18 heavy (non-hydrogen) atoms. The van der Waals surface area contributed by atoms with E-state index in [-0.39, 0.29) is 17.9 Å². The van der Waals surface area contributed by atoms with E-state index in [0.29, 0.717) is 0 Å². The van der Waals surface area contributed by atoms with Gasteiger partial charge in [-0.15, -0.1) is 0 Å². The first-order valence-corrected chi connectivity index (χ1v) is 7.66. The Balaban J connectivity index is 2.14. The van der Waals surface area contributed by atoms with Gasteiger partial charge in [0.25, 0.3) is 0 Å². The first kappa shape index (κ1) is 15.5. The van der Waals surface area contributed by atoms with E-state index in [1.54, 1.807) is 0 Å². The highest BCUT2D eigenvalue weighted by Crippen LogP contribution is 2.18. The molecule has 106 valence electrons. The van der Waals surface area contributed by atoms with Crippen molar-refractivity contribution in [2.24, 2.45) is 5.92 Å². The molecule has 3 nitrogen and oxygen atoms in total. The lowest BCUT2D eigenvalue weighted by Crippen LogP contribution is -2.42. The Kier molecular flexibility index (Phi) is 7.33. The summed E-state index contributed by atoms with van der Waals surface area (Å²) >= 11 is 0. The topological polar surface area (TPSA) is 32.3 Å². The van der Waals surface area contributed by atoms with Crippen molar-refractivity contribution in [1.82, 2.24) is 10.2 Å². The Morgan fingerprint density at radius 2 is 1.89 bits per heavy atom. The summed E-state index contributed by atoms with van der Waals surface area (Å²) < 4.78 is 0. The van der Waals surface area contributed by atoms with Crippen molar-refractivity contribution in [2.75, 3.05) is 19.6 Å². The highest BCUT2D eigenvalue weighted by molar-refractivity contribution is 5.78. The Morgan fingerprint density at radius 1 is 1.22 bits per heavy atom. The highest BCUT2D eigenvalue weighted by atomic mass is 16.1. The molecule has 0 radical (unpaired) electrons. The number of nitrogens with zero attached hydrogens (tertiary/aromatic N) is 1. The summed E-state index contributed by atoms with van der Waals surface area (Å²) in [5.41, 5.74) is 0. The fraction of sp³-hybridized carbons (Fsp3) is 0.933. The van der Waals surface area contributed by atoms with Crippen molar-refractivity contribution in [3.63, 3.8) is 0 Å². The molecule has 1 fully saturated rings. The molecule has 1 aliphatic rings. The summed E-state index contributed by atoms with van der Waals surface area (Å²) in [6.45, 7) is 9.73. The van der Waals surface area contributed by atoms with Crippen molar-refractivity contribution < 1.29 is 4.79 Å². The summed E-state index contributed by atoms with van der Waals surface area (Å²) in [7, 11) is 0. The van der Waals surface area contributed by atoms with E-state index >= 15 is 0 Å². The summed E-state index contributed by atoms with van der Waals surface area (Å²) in [5.74, 6) is 0.509. The normalized spacial score (nSPS) is 18.2. The van der Waals surface area contributed by atoms with Gasteiger partial charge in [-0.1, -0.05) is 26.2 Å². The zero-order valence-electron chi connectivity index (χ0n) is 12.4. The molecule has 0 aromatic rings. The third-order valence-corrected chi connectivity index (χ3v) is 3.72. The molecule has 1 aliphatic heterocycles. The number of carbonyl (C=O) groups excluding carboxylic acids is 1. The highest BCUT2D eigenvalue weighted by Gasteiger charge is 2.24. The lowest BCUT2D eigenvalue weighted by Gasteiger charge is -2.31. The number of carbonyl (C=O) groups is 1. The number of amides is 1. The van der Waals surface area contributed by atoms with Crippen LogP contribution >= 0.6 is 0 Å². The van der Waals surface area contributed by atoms with Gasteiger partial charge in [-0.05, 0) is 52.7 Å². The van der Waals surface area contributed by atoms with E-state index in [9.17, 15) is 4.79 Å². The molecule has 1 amide bonds. The van der Waals surface area contributed by atoms with Crippen LogP contribution in [0.5, 0.6) is 0 Å². The molecule has 3 heteroatoms. The summed E-state index contributed by atoms with van der Waals surface area (Å²) in [6, 6.07) is 0.268. The molecule has 1 N–H and O–H groups in total. The van der Waals surface area contributed by atoms with Gasteiger partial charge in [0.1, 0.15) is 0 Å². The first-order chi connectivity index (χ1) is 8.63. The van der Waals surface area contributed by atoms with E-state index in [4.69, 9.17) is 0 Å². The minimum atomic E-state index is 0.249. The maximum Gasteiger partial charge on any atom is 0.223 e. The maximum absolute atomic E-state index is 11.9. The monoisotopic (exact) mass is 254 g/mol. The number of nitrogens with one attached hydrogen (secondary N) is 1. The Labute approximate surface area is 112 Å². The van der Waals surface area contributed by atoms with E-state index in [1.165, 1.54) is 32.2 Å². The third kappa shape index (κ3) is 5.85. The van der Waals surface area contributed by atoms with Crippen LogP contribution in [-0.4, -0.2) is 36.5 Å². The summed E-state index contributed by atoms with van der Waals surface area (Å²) in [4.78, 5) is 14.4. The smallest absolute Gasteiger partial charge is 0.223 e. The molecule has 1 rings (SSSR count). The molecule has 0 saturated carbocycles. The van der Waals surface area contributed by atoms with Crippen LogP contribution in [0.4, 0.5) is 0 Å². The van der Waals surface area contributed by atoms with Gasteiger partial charge in [0.05, 0.1) is 0 Å². The van der Waals surface area contributed by atoms with Crippen LogP contribution in [0.3, 0.4) is 0 Å². The number of rotatable bonds is 7. The Morgan fingerprint density at radius 3 is 2.44 bits per heavy atom. The zero-order valence-corrected chi connectivity index (χ0v) is 12.4. The first-order valence-electron chi connectivity index (χ1n) is 7.66. The van der Waals surface area contributed by atoms with Crippen LogP contribution in [0.15, 0.2) is 0 Å². The third-order valence-electron chi connectivity index (χ3n) is 3.72. The molecular weight excluding hydrogens is 224 g/mol. The Bertz CT molecular complexity index is 233. The lowest BCUT2D eigenvalue weighted by molar-refractivity contribution is -0.126. The van der Waals surface area contributed by atoms with Crippen LogP contribution in [-0.2, 0) is 4.79 Å². The lowest BCUT2D eigenvalue weighted by atomic mass is 9.95. The number of piperidine rings is 1. The number of hydrogen-bond donors (Lipinski definition) is 1. The molecule has 1 heterocycles. The fourth-order valence-electron chi connectivity index (χ4n) is 2.58. The molecule has 0 aliphatic carbocycles. The molecule has 0 bridgehead atoms. The molecule has 0 spiro atoms. The van der Waals surface area contributed by atoms with Crippen molar-refractivity contribution in [3.05, 3.63) is 0 Å². The van der Waals surface area contributed by atoms with Crippen molar-refractivity contribution >= 4 is 5.91 Å². The van der Waals surface area contributed by atoms with Gasteiger partial charge in [0.15, 0.2) is 0 Å². The fourth-order valence-corrected chi connectivity index (χ4v) is 2.58. The van der Waals surface area contributed by atoms with E-state index < -0.39 is 0 Å². The van der Waals surface area contributed by atoms with Gasteiger partial charge in [-0.2, -0.15) is 0 Å². The largest absolute Gasteiger partial charge is 0.354 e. The van der Waals surface area contributed by atoms with E-state index in [1.807, 2.05) is 13.8 Å². The predicted molar refractivity (Wildman–Crippen MR) is 76.6 cm³/mol. The average molecular weight is 254 g/mol. The Hall–Kier alpha value is -0.570. The van der Waals surface area contributed by atoms with Crippen molar-refractivity contribution in [1.29, 1.82) is 0 Å². The van der Waals surface area contributed by atoms with Gasteiger partial charge in [-0.3, -0.25) is 4.79 Å². The second-order valence-electron chi connectivity index (χ2n) is 5.84. The van der Waals surface area contributed by atoms with Gasteiger partial charge in [0.2, 0.25) is 5.91 Å². The van der Waals surface area contributed by atoms with Gasteiger partial charge >= 0.3 is 0 Å². The summed E-state index contributed by atoms with van der Waals surface area (Å²) in [6.07, 6.45) is 7.39. The summed E-state index contributed by atoms with van der Waals surface area (Å²) in [5, 5.41) is 3.03. The van der Waals surface area contributed by atoms with Crippen LogP contribution in [0, 0.1) is 5.92 Å². The van der Waals surface area contributed by atoms with Gasteiger partial charge < -0.3 is 10.2 Å². The van der Waals surface area contributed by atoms with Gasteiger partial charge in [0, 0.05) is 12.0 Å². The van der Waals surface area contributed by atoms with Crippen molar-refractivity contribution in [3.8, 4) is 0 Å². The van der Waals surface area contributed by atoms with Crippen molar-refractivity contribution in [2.45, 2.75) is 65.3 Å². The average Bonchev–Trinajstić information content (AvgIpc) is 2.34. The maximum atomic E-state index is 11.9. The van der Waals surface area contributed by atoms with Crippen LogP contribution < -0.4 is 5.32 Å². The molecule has 0 aromatic heterocycles. The van der Waals surface area contributed by atoms with E-state index in [0.717, 1.165) is 25.9 Å². The molecule has 1 saturated heterocycles. The van der Waals surface area contributed by atoms with Crippen LogP contribution in [0.25, 0.3) is 0 Å². The predicted octanol–water partition coefficient (Wildman–Crippen LogP) is 2.80. The minimum absolute atomic E-state index is 0.249. The van der Waals surface area contributed by atoms with Crippen LogP contribution in [0.2, 0.25) is 0 Å². The molecule has 0 unspecified atom stereocenters. The second-order valence-corrected chi connectivity index (χ2v) is 5.84. The standard InChI is InChI=1S/C15H30N2O/c1-4-5-6-7-10-17-11-8-14(9-12-17)15(18)16-13(2)3/h13-14H,4-12H2,1-3H3,(H,16,18). The second kappa shape index (κ2) is 8.52. The number of hydrogen-bond acceptors (Lipinski definition) is 2. The number of likely N-dealkylation sites (tertiary alicyclic amines) is 1. The number of unbranched alkanes of at least 4 members (excludes halogenated alkanes) is 3.